The van der Waals surface area contributed by atoms with Crippen molar-refractivity contribution < 1.29 is 4.42 Å². The molecule has 0 fully saturated rings. The second-order valence-corrected chi connectivity index (χ2v) is 13.7. The van der Waals surface area contributed by atoms with Gasteiger partial charge < -0.3 is 9.32 Å². The van der Waals surface area contributed by atoms with E-state index >= 15 is 0 Å². The van der Waals surface area contributed by atoms with Crippen molar-refractivity contribution in [2.24, 2.45) is 0 Å². The number of hydrogen-bond acceptors (Lipinski definition) is 3. The molecule has 0 atom stereocenters. The molecule has 0 unspecified atom stereocenters. The van der Waals surface area contributed by atoms with Gasteiger partial charge in [0.15, 0.2) is 0 Å². The van der Waals surface area contributed by atoms with Crippen LogP contribution in [0.25, 0.3) is 75.1 Å². The number of rotatable bonds is 5. The Bertz CT molecular complexity index is 2830. The lowest BCUT2D eigenvalue weighted by Crippen LogP contribution is -2.09. The van der Waals surface area contributed by atoms with Crippen LogP contribution in [0.5, 0.6) is 0 Å². The maximum absolute atomic E-state index is 6.15. The first-order chi connectivity index (χ1) is 24.2. The monoisotopic (exact) mass is 643 g/mol. The Morgan fingerprint density at radius 1 is 0.347 bits per heavy atom. The summed E-state index contributed by atoms with van der Waals surface area (Å²) >= 11 is 1.85. The molecule has 10 rings (SSSR count). The number of anilines is 3. The quantitative estimate of drug-likeness (QED) is 0.186. The Morgan fingerprint density at radius 2 is 1.02 bits per heavy atom. The van der Waals surface area contributed by atoms with Crippen molar-refractivity contribution >= 4 is 81.3 Å². The molecule has 2 heterocycles. The van der Waals surface area contributed by atoms with Crippen LogP contribution in [0.15, 0.2) is 180 Å². The highest BCUT2D eigenvalue weighted by atomic mass is 32.1. The van der Waals surface area contributed by atoms with Crippen molar-refractivity contribution in [3.63, 3.8) is 0 Å². The summed E-state index contributed by atoms with van der Waals surface area (Å²) in [6.07, 6.45) is 0. The standard InChI is InChI=1S/C46H29NOS/c1-2-9-30(10-3-1)32-11-8-12-37(26-32)47(38-23-24-41-40-14-5-7-16-45(40)49-46(41)29-38)36-21-19-31(20-22-36)33-17-18-34-28-44-42(27-35(34)25-33)39-13-4-6-15-43(39)48-44/h1-29H. The lowest BCUT2D eigenvalue weighted by Gasteiger charge is -2.26. The molecule has 0 spiro atoms. The maximum Gasteiger partial charge on any atom is 0.136 e. The minimum atomic E-state index is 0.925. The predicted octanol–water partition coefficient (Wildman–Crippen LogP) is 13.9. The molecule has 0 aliphatic rings. The summed E-state index contributed by atoms with van der Waals surface area (Å²) in [6.45, 7) is 0. The molecular formula is C46H29NOS. The van der Waals surface area contributed by atoms with Gasteiger partial charge in [-0.3, -0.25) is 0 Å². The Morgan fingerprint density at radius 3 is 1.92 bits per heavy atom. The van der Waals surface area contributed by atoms with Gasteiger partial charge in [-0.1, -0.05) is 109 Å². The summed E-state index contributed by atoms with van der Waals surface area (Å²) in [7, 11) is 0. The summed E-state index contributed by atoms with van der Waals surface area (Å²) in [5, 5.41) is 7.30. The molecule has 0 aliphatic carbocycles. The van der Waals surface area contributed by atoms with Crippen LogP contribution in [0.4, 0.5) is 17.1 Å². The van der Waals surface area contributed by atoms with Crippen molar-refractivity contribution in [2.75, 3.05) is 4.90 Å². The third-order valence-electron chi connectivity index (χ3n) is 9.63. The normalized spacial score (nSPS) is 11.7. The number of thiophene rings is 1. The second kappa shape index (κ2) is 11.2. The average Bonchev–Trinajstić information content (AvgIpc) is 3.72. The lowest BCUT2D eigenvalue weighted by molar-refractivity contribution is 0.669. The molecule has 2 aromatic heterocycles. The average molecular weight is 644 g/mol. The second-order valence-electron chi connectivity index (χ2n) is 12.6. The van der Waals surface area contributed by atoms with Gasteiger partial charge in [-0.15, -0.1) is 11.3 Å². The van der Waals surface area contributed by atoms with Gasteiger partial charge in [0.05, 0.1) is 0 Å². The predicted molar refractivity (Wildman–Crippen MR) is 210 cm³/mol. The van der Waals surface area contributed by atoms with Crippen LogP contribution >= 0.6 is 11.3 Å². The van der Waals surface area contributed by atoms with E-state index in [0.717, 1.165) is 39.0 Å². The Kier molecular flexibility index (Phi) is 6.39. The van der Waals surface area contributed by atoms with Crippen LogP contribution < -0.4 is 4.90 Å². The number of nitrogens with zero attached hydrogens (tertiary/aromatic N) is 1. The van der Waals surface area contributed by atoms with Crippen molar-refractivity contribution in [1.82, 2.24) is 0 Å². The summed E-state index contributed by atoms with van der Waals surface area (Å²) < 4.78 is 8.75. The number of benzene rings is 8. The van der Waals surface area contributed by atoms with Gasteiger partial charge >= 0.3 is 0 Å². The fraction of sp³-hybridized carbons (Fsp3) is 0. The zero-order valence-electron chi connectivity index (χ0n) is 26.5. The summed E-state index contributed by atoms with van der Waals surface area (Å²) in [6, 6.07) is 63.4. The minimum absolute atomic E-state index is 0.925. The van der Waals surface area contributed by atoms with Crippen LogP contribution in [0.3, 0.4) is 0 Å². The van der Waals surface area contributed by atoms with Crippen LogP contribution in [-0.2, 0) is 0 Å². The van der Waals surface area contributed by atoms with Crippen molar-refractivity contribution in [1.29, 1.82) is 0 Å². The molecule has 0 amide bonds. The van der Waals surface area contributed by atoms with Gasteiger partial charge in [0.1, 0.15) is 11.2 Å². The molecule has 0 aliphatic heterocycles. The van der Waals surface area contributed by atoms with E-state index < -0.39 is 0 Å². The van der Waals surface area contributed by atoms with E-state index in [4.69, 9.17) is 4.42 Å². The third kappa shape index (κ3) is 4.78. The first-order valence-corrected chi connectivity index (χ1v) is 17.4. The summed E-state index contributed by atoms with van der Waals surface area (Å²) in [5.41, 5.74) is 9.99. The van der Waals surface area contributed by atoms with Crippen LogP contribution in [0, 0.1) is 0 Å². The molecule has 230 valence electrons. The topological polar surface area (TPSA) is 16.4 Å². The van der Waals surface area contributed by atoms with Gasteiger partial charge in [-0.25, -0.2) is 0 Å². The van der Waals surface area contributed by atoms with E-state index in [0.29, 0.717) is 0 Å². The first-order valence-electron chi connectivity index (χ1n) is 16.6. The number of fused-ring (bicyclic) bond motifs is 7. The molecular weight excluding hydrogens is 615 g/mol. The van der Waals surface area contributed by atoms with Crippen LogP contribution in [-0.4, -0.2) is 0 Å². The highest BCUT2D eigenvalue weighted by molar-refractivity contribution is 7.25. The molecule has 0 bridgehead atoms. The van der Waals surface area contributed by atoms with E-state index in [9.17, 15) is 0 Å². The largest absolute Gasteiger partial charge is 0.456 e. The number of para-hydroxylation sites is 1. The van der Waals surface area contributed by atoms with Crippen LogP contribution in [0.2, 0.25) is 0 Å². The smallest absolute Gasteiger partial charge is 0.136 e. The Hall–Kier alpha value is -6.16. The van der Waals surface area contributed by atoms with Crippen LogP contribution in [0.1, 0.15) is 0 Å². The summed E-state index contributed by atoms with van der Waals surface area (Å²) in [5.74, 6) is 0. The van der Waals surface area contributed by atoms with E-state index in [1.807, 2.05) is 23.5 Å². The Balaban J connectivity index is 1.08. The number of hydrogen-bond donors (Lipinski definition) is 0. The molecule has 10 aromatic rings. The molecule has 0 saturated heterocycles. The zero-order valence-corrected chi connectivity index (χ0v) is 27.3. The summed E-state index contributed by atoms with van der Waals surface area (Å²) in [4.78, 5) is 2.38. The molecule has 3 heteroatoms. The van der Waals surface area contributed by atoms with E-state index in [1.165, 1.54) is 53.2 Å². The third-order valence-corrected chi connectivity index (χ3v) is 10.8. The molecule has 49 heavy (non-hydrogen) atoms. The molecule has 2 nitrogen and oxygen atoms in total. The van der Waals surface area contributed by atoms with Gasteiger partial charge in [0.2, 0.25) is 0 Å². The van der Waals surface area contributed by atoms with Crippen molar-refractivity contribution in [3.05, 3.63) is 176 Å². The molecule has 0 saturated carbocycles. The first kappa shape index (κ1) is 27.9. The molecule has 8 aromatic carbocycles. The van der Waals surface area contributed by atoms with Gasteiger partial charge in [-0.05, 0) is 99.8 Å². The fourth-order valence-electron chi connectivity index (χ4n) is 7.21. The Labute approximate surface area is 287 Å². The highest BCUT2D eigenvalue weighted by Crippen LogP contribution is 2.42. The lowest BCUT2D eigenvalue weighted by atomic mass is 9.99. The highest BCUT2D eigenvalue weighted by Gasteiger charge is 2.16. The molecule has 0 radical (unpaired) electrons. The molecule has 0 N–H and O–H groups in total. The van der Waals surface area contributed by atoms with Crippen molar-refractivity contribution in [3.8, 4) is 22.3 Å². The fourth-order valence-corrected chi connectivity index (χ4v) is 8.35. The van der Waals surface area contributed by atoms with Crippen molar-refractivity contribution in [2.45, 2.75) is 0 Å². The zero-order chi connectivity index (χ0) is 32.3. The minimum Gasteiger partial charge on any atom is -0.456 e. The van der Waals surface area contributed by atoms with Gasteiger partial charge in [-0.2, -0.15) is 0 Å². The number of furan rings is 1. The van der Waals surface area contributed by atoms with E-state index in [-0.39, 0.29) is 0 Å². The SMILES string of the molecule is c1ccc(-c2cccc(N(c3ccc(-c4ccc5cc6oc7ccccc7c6cc5c4)cc3)c3ccc4c(c3)sc3ccccc34)c2)cc1. The maximum atomic E-state index is 6.15. The van der Waals surface area contributed by atoms with Gasteiger partial charge in [0, 0.05) is 48.0 Å². The van der Waals surface area contributed by atoms with Gasteiger partial charge in [0.25, 0.3) is 0 Å². The van der Waals surface area contributed by atoms with E-state index in [1.54, 1.807) is 0 Å². The van der Waals surface area contributed by atoms with E-state index in [2.05, 4.69) is 169 Å².